The van der Waals surface area contributed by atoms with Crippen LogP contribution in [0.15, 0.2) is 53.0 Å². The molecule has 0 aliphatic carbocycles. The minimum atomic E-state index is -1.52. The molecule has 0 aliphatic heterocycles. The van der Waals surface area contributed by atoms with Crippen LogP contribution in [0.3, 0.4) is 0 Å². The standard InChI is InChI=1S/C14H13BBrNO3/c16-13-7-1-10(2-8-13)9-17-14(18)11-3-5-12(6-4-11)15(19)20/h1-8,19-20H,9H2,(H,17,18). The van der Waals surface area contributed by atoms with Gasteiger partial charge in [-0.2, -0.15) is 0 Å². The number of nitrogens with one attached hydrogen (secondary N) is 1. The molecule has 3 N–H and O–H groups in total. The van der Waals surface area contributed by atoms with Gasteiger partial charge in [0.1, 0.15) is 0 Å². The fourth-order valence-corrected chi connectivity index (χ4v) is 1.96. The zero-order valence-corrected chi connectivity index (χ0v) is 12.2. The van der Waals surface area contributed by atoms with Crippen LogP contribution in [-0.4, -0.2) is 23.1 Å². The summed E-state index contributed by atoms with van der Waals surface area (Å²) in [7, 11) is -1.52. The van der Waals surface area contributed by atoms with Crippen molar-refractivity contribution in [2.75, 3.05) is 0 Å². The summed E-state index contributed by atoms with van der Waals surface area (Å²) in [6.45, 7) is 0.441. The smallest absolute Gasteiger partial charge is 0.423 e. The van der Waals surface area contributed by atoms with Crippen molar-refractivity contribution in [2.45, 2.75) is 6.54 Å². The molecule has 0 heterocycles. The summed E-state index contributed by atoms with van der Waals surface area (Å²) in [5, 5.41) is 20.8. The Labute approximate surface area is 125 Å². The fourth-order valence-electron chi connectivity index (χ4n) is 1.69. The zero-order valence-electron chi connectivity index (χ0n) is 10.6. The first kappa shape index (κ1) is 14.8. The molecule has 20 heavy (non-hydrogen) atoms. The highest BCUT2D eigenvalue weighted by molar-refractivity contribution is 9.10. The molecule has 2 aromatic carbocycles. The molecule has 2 aromatic rings. The zero-order chi connectivity index (χ0) is 14.5. The van der Waals surface area contributed by atoms with E-state index in [2.05, 4.69) is 21.2 Å². The Kier molecular flexibility index (Phi) is 4.95. The number of hydrogen-bond acceptors (Lipinski definition) is 3. The number of rotatable bonds is 4. The third-order valence-electron chi connectivity index (χ3n) is 2.84. The van der Waals surface area contributed by atoms with Gasteiger partial charge in [0.2, 0.25) is 0 Å². The van der Waals surface area contributed by atoms with E-state index in [1.54, 1.807) is 12.1 Å². The van der Waals surface area contributed by atoms with Gasteiger partial charge in [-0.1, -0.05) is 40.2 Å². The molecule has 1 amide bonds. The molecule has 0 spiro atoms. The average Bonchev–Trinajstić information content (AvgIpc) is 2.46. The van der Waals surface area contributed by atoms with Crippen molar-refractivity contribution in [2.24, 2.45) is 0 Å². The quantitative estimate of drug-likeness (QED) is 0.733. The first-order valence-electron chi connectivity index (χ1n) is 6.05. The van der Waals surface area contributed by atoms with Gasteiger partial charge in [-0.25, -0.2) is 0 Å². The van der Waals surface area contributed by atoms with Crippen molar-refractivity contribution in [3.8, 4) is 0 Å². The SMILES string of the molecule is O=C(NCc1ccc(Br)cc1)c1ccc(B(O)O)cc1. The van der Waals surface area contributed by atoms with Crippen LogP contribution in [0.25, 0.3) is 0 Å². The number of amides is 1. The van der Waals surface area contributed by atoms with Gasteiger partial charge in [-0.3, -0.25) is 4.79 Å². The van der Waals surface area contributed by atoms with Gasteiger partial charge in [-0.15, -0.1) is 0 Å². The lowest BCUT2D eigenvalue weighted by Gasteiger charge is -2.06. The molecule has 0 saturated carbocycles. The van der Waals surface area contributed by atoms with Crippen molar-refractivity contribution in [3.63, 3.8) is 0 Å². The molecule has 102 valence electrons. The van der Waals surface area contributed by atoms with Crippen LogP contribution in [-0.2, 0) is 6.54 Å². The van der Waals surface area contributed by atoms with Crippen LogP contribution in [0.2, 0.25) is 0 Å². The number of carbonyl (C=O) groups is 1. The van der Waals surface area contributed by atoms with E-state index in [1.807, 2.05) is 24.3 Å². The van der Waals surface area contributed by atoms with Crippen molar-refractivity contribution < 1.29 is 14.8 Å². The third kappa shape index (κ3) is 3.93. The molecule has 2 rings (SSSR count). The second-order valence-corrected chi connectivity index (χ2v) is 5.22. The molecule has 6 heteroatoms. The molecular weight excluding hydrogens is 321 g/mol. The Morgan fingerprint density at radius 3 is 2.20 bits per heavy atom. The summed E-state index contributed by atoms with van der Waals surface area (Å²) in [6.07, 6.45) is 0. The lowest BCUT2D eigenvalue weighted by atomic mass is 9.80. The summed E-state index contributed by atoms with van der Waals surface area (Å²) in [5.74, 6) is -0.202. The Bertz CT molecular complexity index is 584. The molecule has 0 saturated heterocycles. The van der Waals surface area contributed by atoms with Gasteiger partial charge in [0.15, 0.2) is 0 Å². The number of carbonyl (C=O) groups excluding carboxylic acids is 1. The van der Waals surface area contributed by atoms with Crippen LogP contribution in [0.5, 0.6) is 0 Å². The molecule has 0 aliphatic rings. The van der Waals surface area contributed by atoms with E-state index < -0.39 is 7.12 Å². The van der Waals surface area contributed by atoms with Crippen molar-refractivity contribution in [1.82, 2.24) is 5.32 Å². The summed E-state index contributed by atoms with van der Waals surface area (Å²) >= 11 is 3.35. The highest BCUT2D eigenvalue weighted by Gasteiger charge is 2.11. The molecular formula is C14H13BBrNO3. The largest absolute Gasteiger partial charge is 0.488 e. The maximum atomic E-state index is 11.9. The van der Waals surface area contributed by atoms with E-state index in [0.717, 1.165) is 10.0 Å². The van der Waals surface area contributed by atoms with Crippen molar-refractivity contribution in [3.05, 3.63) is 64.1 Å². The van der Waals surface area contributed by atoms with E-state index >= 15 is 0 Å². The first-order chi connectivity index (χ1) is 9.56. The van der Waals surface area contributed by atoms with Crippen LogP contribution in [0, 0.1) is 0 Å². The molecule has 0 atom stereocenters. The summed E-state index contributed by atoms with van der Waals surface area (Å²) in [4.78, 5) is 11.9. The Morgan fingerprint density at radius 2 is 1.65 bits per heavy atom. The van der Waals surface area contributed by atoms with Gasteiger partial charge in [0.25, 0.3) is 5.91 Å². The molecule has 0 unspecified atom stereocenters. The minimum Gasteiger partial charge on any atom is -0.423 e. The van der Waals surface area contributed by atoms with E-state index in [-0.39, 0.29) is 5.91 Å². The Balaban J connectivity index is 1.96. The monoisotopic (exact) mass is 333 g/mol. The molecule has 0 aromatic heterocycles. The predicted octanol–water partition coefficient (Wildman–Crippen LogP) is 1.06. The van der Waals surface area contributed by atoms with E-state index in [9.17, 15) is 4.79 Å². The van der Waals surface area contributed by atoms with Gasteiger partial charge >= 0.3 is 7.12 Å². The first-order valence-corrected chi connectivity index (χ1v) is 6.84. The van der Waals surface area contributed by atoms with Crippen LogP contribution < -0.4 is 10.8 Å². The lowest BCUT2D eigenvalue weighted by Crippen LogP contribution is -2.30. The van der Waals surface area contributed by atoms with Gasteiger partial charge < -0.3 is 15.4 Å². The Morgan fingerprint density at radius 1 is 1.05 bits per heavy atom. The van der Waals surface area contributed by atoms with Gasteiger partial charge in [0, 0.05) is 16.6 Å². The lowest BCUT2D eigenvalue weighted by molar-refractivity contribution is 0.0951. The maximum absolute atomic E-state index is 11.9. The third-order valence-corrected chi connectivity index (χ3v) is 3.37. The highest BCUT2D eigenvalue weighted by Crippen LogP contribution is 2.10. The topological polar surface area (TPSA) is 69.6 Å². The second kappa shape index (κ2) is 6.70. The Hall–Kier alpha value is -1.63. The average molecular weight is 334 g/mol. The van der Waals surface area contributed by atoms with E-state index in [4.69, 9.17) is 10.0 Å². The summed E-state index contributed by atoms with van der Waals surface area (Å²) in [6, 6.07) is 13.8. The van der Waals surface area contributed by atoms with Crippen LogP contribution >= 0.6 is 15.9 Å². The predicted molar refractivity (Wildman–Crippen MR) is 81.6 cm³/mol. The van der Waals surface area contributed by atoms with Crippen LogP contribution in [0.1, 0.15) is 15.9 Å². The summed E-state index contributed by atoms with van der Waals surface area (Å²) < 4.78 is 0.991. The fraction of sp³-hybridized carbons (Fsp3) is 0.0714. The van der Waals surface area contributed by atoms with Gasteiger partial charge in [-0.05, 0) is 35.3 Å². The van der Waals surface area contributed by atoms with Gasteiger partial charge in [0.05, 0.1) is 0 Å². The normalized spacial score (nSPS) is 10.2. The van der Waals surface area contributed by atoms with Crippen molar-refractivity contribution >= 4 is 34.4 Å². The minimum absolute atomic E-state index is 0.202. The molecule has 0 bridgehead atoms. The summed E-state index contributed by atoms with van der Waals surface area (Å²) in [5.41, 5.74) is 1.84. The van der Waals surface area contributed by atoms with E-state index in [1.165, 1.54) is 12.1 Å². The highest BCUT2D eigenvalue weighted by atomic mass is 79.9. The molecule has 0 fully saturated rings. The second-order valence-electron chi connectivity index (χ2n) is 4.30. The number of hydrogen-bond donors (Lipinski definition) is 3. The molecule has 0 radical (unpaired) electrons. The number of benzene rings is 2. The maximum Gasteiger partial charge on any atom is 0.488 e. The number of halogens is 1. The van der Waals surface area contributed by atoms with Crippen molar-refractivity contribution in [1.29, 1.82) is 0 Å². The van der Waals surface area contributed by atoms with E-state index in [0.29, 0.717) is 17.6 Å². The molecule has 4 nitrogen and oxygen atoms in total. The van der Waals surface area contributed by atoms with Crippen LogP contribution in [0.4, 0.5) is 0 Å².